The van der Waals surface area contributed by atoms with Crippen molar-refractivity contribution in [3.05, 3.63) is 0 Å². The molecule has 0 rings (SSSR count). The topological polar surface area (TPSA) is 76.4 Å². The molecule has 0 fully saturated rings. The molecule has 0 aromatic carbocycles. The summed E-state index contributed by atoms with van der Waals surface area (Å²) in [6.07, 6.45) is -0.0546. The lowest BCUT2D eigenvalue weighted by atomic mass is 10.3. The van der Waals surface area contributed by atoms with Crippen LogP contribution in [0.25, 0.3) is 0 Å². The molecule has 0 bridgehead atoms. The molecular weight excluding hydrogens is 169 g/mol. The smallest absolute Gasteiger partial charge is 0.283 e. The van der Waals surface area contributed by atoms with Gasteiger partial charge < -0.3 is 0 Å². The molecule has 0 amide bonds. The second-order valence-corrected chi connectivity index (χ2v) is 2.59. The lowest BCUT2D eigenvalue weighted by Gasteiger charge is -1.83. The first-order valence-corrected chi connectivity index (χ1v) is 3.87. The van der Waals surface area contributed by atoms with Crippen molar-refractivity contribution in [2.75, 3.05) is 13.7 Å². The van der Waals surface area contributed by atoms with Gasteiger partial charge in [0.15, 0.2) is 0 Å². The summed E-state index contributed by atoms with van der Waals surface area (Å²) in [5.74, 6) is -0.593. The van der Waals surface area contributed by atoms with Crippen molar-refractivity contribution in [3.63, 3.8) is 0 Å². The monoisotopic (exact) mass is 176 g/mol. The van der Waals surface area contributed by atoms with Crippen LogP contribution in [0.4, 0.5) is 0 Å². The van der Waals surface area contributed by atoms with Crippen molar-refractivity contribution in [3.8, 4) is 6.07 Å². The molecule has 0 spiro atoms. The number of Topliss-reactive ketones (excluding diaryl/α,β-unsaturated/α-hetero) is 1. The molecular formula is C5H7NO4P+. The first kappa shape index (κ1) is 10.2. The summed E-state index contributed by atoms with van der Waals surface area (Å²) in [4.78, 5) is 10.3. The average Bonchev–Trinajstić information content (AvgIpc) is 2.04. The molecule has 0 heterocycles. The van der Waals surface area contributed by atoms with Gasteiger partial charge in [0.1, 0.15) is 12.7 Å². The zero-order chi connectivity index (χ0) is 8.69. The van der Waals surface area contributed by atoms with Crippen molar-refractivity contribution in [2.24, 2.45) is 0 Å². The van der Waals surface area contributed by atoms with E-state index in [1.807, 2.05) is 0 Å². The van der Waals surface area contributed by atoms with E-state index in [0.717, 1.165) is 0 Å². The number of ketones is 1. The Morgan fingerprint density at radius 2 is 2.36 bits per heavy atom. The lowest BCUT2D eigenvalue weighted by molar-refractivity contribution is -0.114. The Labute approximate surface area is 64.9 Å². The summed E-state index contributed by atoms with van der Waals surface area (Å²) in [5, 5.41) is 8.00. The molecule has 0 aliphatic heterocycles. The summed E-state index contributed by atoms with van der Waals surface area (Å²) in [6, 6.07) is 1.40. The highest BCUT2D eigenvalue weighted by Crippen LogP contribution is 2.21. The molecule has 1 atom stereocenters. The Kier molecular flexibility index (Phi) is 5.49. The van der Waals surface area contributed by atoms with E-state index in [-0.39, 0.29) is 13.0 Å². The Bertz CT molecular complexity index is 197. The minimum absolute atomic E-state index is 0.0462. The molecule has 0 saturated carbocycles. The molecule has 5 nitrogen and oxygen atoms in total. The lowest BCUT2D eigenvalue weighted by Crippen LogP contribution is -1.97. The van der Waals surface area contributed by atoms with Crippen LogP contribution in [0.3, 0.4) is 0 Å². The number of carbonyl (C=O) groups excluding carboxylic acids is 1. The molecule has 0 saturated heterocycles. The zero-order valence-electron chi connectivity index (χ0n) is 5.94. The molecule has 11 heavy (non-hydrogen) atoms. The number of rotatable bonds is 5. The molecule has 0 aliphatic carbocycles. The van der Waals surface area contributed by atoms with Crippen LogP contribution >= 0.6 is 8.25 Å². The predicted octanol–water partition coefficient (Wildman–Crippen LogP) is 0.790. The van der Waals surface area contributed by atoms with Crippen LogP contribution in [0.5, 0.6) is 0 Å². The minimum Gasteiger partial charge on any atom is -0.283 e. The zero-order valence-corrected chi connectivity index (χ0v) is 6.84. The van der Waals surface area contributed by atoms with Gasteiger partial charge in [-0.2, -0.15) is 5.26 Å². The summed E-state index contributed by atoms with van der Waals surface area (Å²) in [6.45, 7) is -0.0462. The van der Waals surface area contributed by atoms with Gasteiger partial charge in [-0.25, -0.2) is 0 Å². The van der Waals surface area contributed by atoms with E-state index in [2.05, 4.69) is 9.05 Å². The third-order valence-electron chi connectivity index (χ3n) is 0.800. The first-order chi connectivity index (χ1) is 5.20. The van der Waals surface area contributed by atoms with Gasteiger partial charge in [-0.15, -0.1) is 9.05 Å². The molecule has 6 heteroatoms. The van der Waals surface area contributed by atoms with Crippen LogP contribution in [0, 0.1) is 11.3 Å². The Morgan fingerprint density at radius 1 is 1.73 bits per heavy atom. The van der Waals surface area contributed by atoms with Gasteiger partial charge in [0.2, 0.25) is 5.78 Å². The van der Waals surface area contributed by atoms with Gasteiger partial charge in [-0.3, -0.25) is 4.79 Å². The van der Waals surface area contributed by atoms with E-state index in [9.17, 15) is 9.36 Å². The maximum absolute atomic E-state index is 10.4. The van der Waals surface area contributed by atoms with Crippen molar-refractivity contribution in [1.29, 1.82) is 5.26 Å². The largest absolute Gasteiger partial charge is 0.697 e. The Morgan fingerprint density at radius 3 is 2.82 bits per heavy atom. The predicted molar refractivity (Wildman–Crippen MR) is 35.8 cm³/mol. The highest BCUT2D eigenvalue weighted by Gasteiger charge is 2.16. The van der Waals surface area contributed by atoms with Gasteiger partial charge in [-0.05, 0) is 0 Å². The maximum atomic E-state index is 10.4. The summed E-state index contributed by atoms with van der Waals surface area (Å²) in [5.41, 5.74) is 0. The van der Waals surface area contributed by atoms with Crippen LogP contribution in [0.2, 0.25) is 0 Å². The first-order valence-electron chi connectivity index (χ1n) is 2.78. The van der Waals surface area contributed by atoms with Gasteiger partial charge >= 0.3 is 8.25 Å². The van der Waals surface area contributed by atoms with E-state index >= 15 is 0 Å². The van der Waals surface area contributed by atoms with Crippen LogP contribution in [0.1, 0.15) is 6.42 Å². The van der Waals surface area contributed by atoms with E-state index in [4.69, 9.17) is 5.26 Å². The molecule has 0 aliphatic rings. The van der Waals surface area contributed by atoms with Crippen LogP contribution < -0.4 is 0 Å². The van der Waals surface area contributed by atoms with Crippen LogP contribution in [-0.2, 0) is 18.4 Å². The van der Waals surface area contributed by atoms with Gasteiger partial charge in [-0.1, -0.05) is 0 Å². The molecule has 0 aromatic rings. The summed E-state index contributed by atoms with van der Waals surface area (Å²) in [7, 11) is -0.899. The number of carbonyl (C=O) groups is 1. The highest BCUT2D eigenvalue weighted by molar-refractivity contribution is 7.33. The quantitative estimate of drug-likeness (QED) is 0.457. The number of hydrogen-bond donors (Lipinski definition) is 0. The van der Waals surface area contributed by atoms with Gasteiger partial charge in [0.25, 0.3) is 0 Å². The molecule has 0 N–H and O–H groups in total. The van der Waals surface area contributed by atoms with Crippen molar-refractivity contribution < 1.29 is 18.4 Å². The highest BCUT2D eigenvalue weighted by atomic mass is 31.1. The average molecular weight is 176 g/mol. The van der Waals surface area contributed by atoms with Crippen LogP contribution in [-0.4, -0.2) is 19.5 Å². The maximum Gasteiger partial charge on any atom is 0.697 e. The van der Waals surface area contributed by atoms with Gasteiger partial charge in [0.05, 0.1) is 7.11 Å². The molecule has 0 aromatic heterocycles. The summed E-state index contributed by atoms with van der Waals surface area (Å²) < 4.78 is 19.1. The summed E-state index contributed by atoms with van der Waals surface area (Å²) >= 11 is 0. The molecule has 1 unspecified atom stereocenters. The van der Waals surface area contributed by atoms with Crippen molar-refractivity contribution in [2.45, 2.75) is 6.42 Å². The Hall–Kier alpha value is -0.820. The number of nitriles is 1. The molecule has 0 radical (unpaired) electrons. The second kappa shape index (κ2) is 5.93. The van der Waals surface area contributed by atoms with E-state index in [1.165, 1.54) is 13.2 Å². The van der Waals surface area contributed by atoms with Crippen molar-refractivity contribution in [1.82, 2.24) is 0 Å². The van der Waals surface area contributed by atoms with Crippen LogP contribution in [0.15, 0.2) is 0 Å². The number of nitrogens with zero attached hydrogens (tertiary/aromatic N) is 1. The van der Waals surface area contributed by atoms with E-state index in [1.54, 1.807) is 0 Å². The third-order valence-corrected chi connectivity index (χ3v) is 1.49. The standard InChI is InChI=1S/C5H7NO4P/c1-9-11(8)10-3-2-5(7)4-6/h2-3H2,1H3/q+1. The van der Waals surface area contributed by atoms with E-state index in [0.29, 0.717) is 0 Å². The molecule has 60 valence electrons. The fourth-order valence-corrected chi connectivity index (χ4v) is 0.667. The van der Waals surface area contributed by atoms with Crippen molar-refractivity contribution >= 4 is 14.0 Å². The third kappa shape index (κ3) is 5.62. The van der Waals surface area contributed by atoms with E-state index < -0.39 is 14.0 Å². The fraction of sp³-hybridized carbons (Fsp3) is 0.600. The Balaban J connectivity index is 3.36. The van der Waals surface area contributed by atoms with Gasteiger partial charge in [0, 0.05) is 11.0 Å². The minimum atomic E-state index is -2.13. The SMILES string of the molecule is CO[P+](=O)OCCC(=O)C#N. The normalized spacial score (nSPS) is 10.4. The number of hydrogen-bond acceptors (Lipinski definition) is 5. The fourth-order valence-electron chi connectivity index (χ4n) is 0.321. The second-order valence-electron chi connectivity index (χ2n) is 1.52.